The summed E-state index contributed by atoms with van der Waals surface area (Å²) in [6.07, 6.45) is 5.19. The van der Waals surface area contributed by atoms with Gasteiger partial charge in [-0.2, -0.15) is 0 Å². The Kier molecular flexibility index (Phi) is 6.08. The lowest BCUT2D eigenvalue weighted by Crippen LogP contribution is -2.48. The van der Waals surface area contributed by atoms with Gasteiger partial charge >= 0.3 is 0 Å². The maximum atomic E-state index is 13.0. The molecule has 0 aromatic heterocycles. The minimum atomic E-state index is -0.124. The summed E-state index contributed by atoms with van der Waals surface area (Å²) in [6, 6.07) is 19.5. The van der Waals surface area contributed by atoms with Crippen molar-refractivity contribution in [3.05, 3.63) is 71.3 Å². The third kappa shape index (κ3) is 4.45. The molecule has 1 amide bonds. The Morgan fingerprint density at radius 2 is 1.68 bits per heavy atom. The van der Waals surface area contributed by atoms with Crippen LogP contribution >= 0.6 is 0 Å². The van der Waals surface area contributed by atoms with Crippen LogP contribution in [0.15, 0.2) is 54.6 Å². The smallest absolute Gasteiger partial charge is 0.241 e. The van der Waals surface area contributed by atoms with Crippen LogP contribution in [0.4, 0.5) is 0 Å². The Balaban J connectivity index is 1.27. The molecule has 28 heavy (non-hydrogen) atoms. The first-order valence-corrected chi connectivity index (χ1v) is 10.7. The SMILES string of the molecule is CCc1ccc(C2CC(C(=O)N3CCC(Cc4ccccc4)CC3)NN2)cc1. The first-order valence-electron chi connectivity index (χ1n) is 10.7. The third-order valence-electron chi connectivity index (χ3n) is 6.29. The van der Waals surface area contributed by atoms with E-state index in [0.717, 1.165) is 45.2 Å². The van der Waals surface area contributed by atoms with Crippen LogP contribution in [-0.4, -0.2) is 29.9 Å². The van der Waals surface area contributed by atoms with Crippen molar-refractivity contribution in [2.75, 3.05) is 13.1 Å². The van der Waals surface area contributed by atoms with Crippen molar-refractivity contribution in [1.29, 1.82) is 0 Å². The predicted molar refractivity (Wildman–Crippen MR) is 113 cm³/mol. The molecule has 2 aromatic carbocycles. The number of benzene rings is 2. The number of hydrogen-bond acceptors (Lipinski definition) is 3. The van der Waals surface area contributed by atoms with Gasteiger partial charge in [-0.05, 0) is 54.7 Å². The molecule has 2 heterocycles. The molecule has 0 bridgehead atoms. The van der Waals surface area contributed by atoms with Gasteiger partial charge in [-0.15, -0.1) is 0 Å². The standard InChI is InChI=1S/C24H31N3O/c1-2-18-8-10-21(11-9-18)22-17-23(26-25-22)24(28)27-14-12-20(13-15-27)16-19-6-4-3-5-7-19/h3-11,20,22-23,25-26H,2,12-17H2,1H3. The lowest BCUT2D eigenvalue weighted by atomic mass is 9.90. The Morgan fingerprint density at radius 1 is 0.964 bits per heavy atom. The lowest BCUT2D eigenvalue weighted by Gasteiger charge is -2.33. The fourth-order valence-corrected chi connectivity index (χ4v) is 4.45. The van der Waals surface area contributed by atoms with E-state index in [1.807, 2.05) is 0 Å². The second-order valence-electron chi connectivity index (χ2n) is 8.18. The Morgan fingerprint density at radius 3 is 2.36 bits per heavy atom. The van der Waals surface area contributed by atoms with Crippen LogP contribution in [0.1, 0.15) is 48.9 Å². The Hall–Kier alpha value is -2.17. The average molecular weight is 378 g/mol. The number of hydrazine groups is 1. The average Bonchev–Trinajstić information content (AvgIpc) is 3.25. The van der Waals surface area contributed by atoms with E-state index in [1.54, 1.807) is 0 Å². The summed E-state index contributed by atoms with van der Waals surface area (Å²) in [5, 5.41) is 0. The number of nitrogens with zero attached hydrogens (tertiary/aromatic N) is 1. The van der Waals surface area contributed by atoms with Crippen LogP contribution in [-0.2, 0) is 17.6 Å². The van der Waals surface area contributed by atoms with Crippen LogP contribution < -0.4 is 10.9 Å². The zero-order chi connectivity index (χ0) is 19.3. The third-order valence-corrected chi connectivity index (χ3v) is 6.29. The van der Waals surface area contributed by atoms with E-state index in [4.69, 9.17) is 0 Å². The fourth-order valence-electron chi connectivity index (χ4n) is 4.45. The Labute approximate surface area is 168 Å². The molecule has 0 spiro atoms. The van der Waals surface area contributed by atoms with Crippen LogP contribution in [0, 0.1) is 5.92 Å². The van der Waals surface area contributed by atoms with Crippen molar-refractivity contribution < 1.29 is 4.79 Å². The van der Waals surface area contributed by atoms with Gasteiger partial charge in [0.15, 0.2) is 0 Å². The number of rotatable bonds is 5. The zero-order valence-corrected chi connectivity index (χ0v) is 16.7. The van der Waals surface area contributed by atoms with Crippen LogP contribution in [0.25, 0.3) is 0 Å². The number of carbonyl (C=O) groups excluding carboxylic acids is 1. The van der Waals surface area contributed by atoms with Crippen LogP contribution in [0.5, 0.6) is 0 Å². The van der Waals surface area contributed by atoms with Gasteiger partial charge in [-0.3, -0.25) is 4.79 Å². The van der Waals surface area contributed by atoms with E-state index in [-0.39, 0.29) is 18.0 Å². The molecule has 2 fully saturated rings. The van der Waals surface area contributed by atoms with E-state index >= 15 is 0 Å². The number of piperidine rings is 1. The zero-order valence-electron chi connectivity index (χ0n) is 16.7. The molecule has 2 aliphatic rings. The van der Waals surface area contributed by atoms with E-state index in [0.29, 0.717) is 5.92 Å². The highest BCUT2D eigenvalue weighted by atomic mass is 16.2. The maximum Gasteiger partial charge on any atom is 0.241 e. The van der Waals surface area contributed by atoms with Crippen molar-refractivity contribution in [3.63, 3.8) is 0 Å². The summed E-state index contributed by atoms with van der Waals surface area (Å²) in [6.45, 7) is 3.93. The van der Waals surface area contributed by atoms with Gasteiger partial charge in [0.2, 0.25) is 5.91 Å². The molecule has 2 aliphatic heterocycles. The summed E-state index contributed by atoms with van der Waals surface area (Å²) in [5.41, 5.74) is 10.6. The number of carbonyl (C=O) groups is 1. The number of nitrogens with one attached hydrogen (secondary N) is 2. The quantitative estimate of drug-likeness (QED) is 0.836. The highest BCUT2D eigenvalue weighted by Gasteiger charge is 2.34. The summed E-state index contributed by atoms with van der Waals surface area (Å²) >= 11 is 0. The van der Waals surface area contributed by atoms with Gasteiger partial charge in [-0.1, -0.05) is 61.5 Å². The molecule has 4 rings (SSSR count). The van der Waals surface area contributed by atoms with Crippen LogP contribution in [0.2, 0.25) is 0 Å². The molecular formula is C24H31N3O. The molecule has 2 aromatic rings. The van der Waals surface area contributed by atoms with Gasteiger partial charge in [0.1, 0.15) is 6.04 Å². The normalized spacial score (nSPS) is 23.1. The van der Waals surface area contributed by atoms with E-state index < -0.39 is 0 Å². The molecule has 0 aliphatic carbocycles. The molecule has 2 saturated heterocycles. The fraction of sp³-hybridized carbons (Fsp3) is 0.458. The first kappa shape index (κ1) is 19.2. The van der Waals surface area contributed by atoms with Gasteiger partial charge in [0.25, 0.3) is 0 Å². The van der Waals surface area contributed by atoms with E-state index in [2.05, 4.69) is 77.3 Å². The van der Waals surface area contributed by atoms with Crippen molar-refractivity contribution in [2.24, 2.45) is 5.92 Å². The second-order valence-corrected chi connectivity index (χ2v) is 8.18. The predicted octanol–water partition coefficient (Wildman–Crippen LogP) is 3.64. The van der Waals surface area contributed by atoms with Gasteiger partial charge < -0.3 is 4.90 Å². The molecule has 2 atom stereocenters. The van der Waals surface area contributed by atoms with E-state index in [9.17, 15) is 4.79 Å². The van der Waals surface area contributed by atoms with E-state index in [1.165, 1.54) is 16.7 Å². The maximum absolute atomic E-state index is 13.0. The van der Waals surface area contributed by atoms with Gasteiger partial charge in [0, 0.05) is 19.1 Å². The monoisotopic (exact) mass is 377 g/mol. The van der Waals surface area contributed by atoms with Crippen molar-refractivity contribution in [3.8, 4) is 0 Å². The molecule has 2 N–H and O–H groups in total. The second kappa shape index (κ2) is 8.89. The molecule has 0 radical (unpaired) electrons. The van der Waals surface area contributed by atoms with Crippen molar-refractivity contribution in [2.45, 2.75) is 51.1 Å². The number of hydrogen-bond donors (Lipinski definition) is 2. The number of amides is 1. The van der Waals surface area contributed by atoms with Crippen molar-refractivity contribution >= 4 is 5.91 Å². The summed E-state index contributed by atoms with van der Waals surface area (Å²) < 4.78 is 0. The molecular weight excluding hydrogens is 346 g/mol. The summed E-state index contributed by atoms with van der Waals surface area (Å²) in [5.74, 6) is 0.935. The minimum absolute atomic E-state index is 0.124. The summed E-state index contributed by atoms with van der Waals surface area (Å²) in [7, 11) is 0. The van der Waals surface area contributed by atoms with Gasteiger partial charge in [0.05, 0.1) is 0 Å². The highest BCUT2D eigenvalue weighted by Crippen LogP contribution is 2.26. The van der Waals surface area contributed by atoms with Crippen LogP contribution in [0.3, 0.4) is 0 Å². The van der Waals surface area contributed by atoms with Crippen molar-refractivity contribution in [1.82, 2.24) is 15.8 Å². The highest BCUT2D eigenvalue weighted by molar-refractivity contribution is 5.82. The molecule has 4 nitrogen and oxygen atoms in total. The molecule has 148 valence electrons. The van der Waals surface area contributed by atoms with Gasteiger partial charge in [-0.25, -0.2) is 10.9 Å². The molecule has 4 heteroatoms. The summed E-state index contributed by atoms with van der Waals surface area (Å²) in [4.78, 5) is 15.0. The minimum Gasteiger partial charge on any atom is -0.341 e. The molecule has 2 unspecified atom stereocenters. The largest absolute Gasteiger partial charge is 0.341 e. The topological polar surface area (TPSA) is 44.4 Å². The lowest BCUT2D eigenvalue weighted by molar-refractivity contribution is -0.134. The Bertz CT molecular complexity index is 766. The number of likely N-dealkylation sites (tertiary alicyclic amines) is 1. The molecule has 0 saturated carbocycles. The number of aryl methyl sites for hydroxylation is 1. The first-order chi connectivity index (χ1) is 13.7.